The highest BCUT2D eigenvalue weighted by Gasteiger charge is 2.49. The molecule has 0 saturated carbocycles. The molecular weight excluding hydrogens is 1150 g/mol. The third-order valence-electron chi connectivity index (χ3n) is 21.3. The Balaban J connectivity index is 0.848. The highest BCUT2D eigenvalue weighted by Crippen LogP contribution is 2.62. The molecule has 2 atom stereocenters. The number of benzene rings is 16. The lowest BCUT2D eigenvalue weighted by atomic mass is 9.66. The topological polar surface area (TPSA) is 0 Å². The Morgan fingerprint density at radius 1 is 0.177 bits per heavy atom. The van der Waals surface area contributed by atoms with E-state index in [-0.39, 0.29) is 0 Å². The average molecular weight is 1220 g/mol. The second kappa shape index (κ2) is 22.5. The Bertz CT molecular complexity index is 5820. The maximum absolute atomic E-state index is 2.55. The van der Waals surface area contributed by atoms with Crippen LogP contribution >= 0.6 is 0 Å². The zero-order valence-corrected chi connectivity index (χ0v) is 54.3. The van der Waals surface area contributed by atoms with Crippen molar-refractivity contribution in [1.29, 1.82) is 0 Å². The van der Waals surface area contributed by atoms with Crippen LogP contribution in [-0.2, 0) is 10.8 Å². The second-order valence-corrected chi connectivity index (χ2v) is 26.9. The highest BCUT2D eigenvalue weighted by atomic mass is 14.5. The van der Waals surface area contributed by atoms with Gasteiger partial charge in [-0.2, -0.15) is 0 Å². The molecule has 96 heavy (non-hydrogen) atoms. The maximum Gasteiger partial charge on any atom is 0.0714 e. The van der Waals surface area contributed by atoms with E-state index in [9.17, 15) is 0 Å². The van der Waals surface area contributed by atoms with Crippen LogP contribution in [0.3, 0.4) is 0 Å². The minimum atomic E-state index is -0.722. The summed E-state index contributed by atoms with van der Waals surface area (Å²) in [4.78, 5) is 0. The van der Waals surface area contributed by atoms with E-state index in [4.69, 9.17) is 0 Å². The molecule has 0 heterocycles. The van der Waals surface area contributed by atoms with E-state index in [0.29, 0.717) is 0 Å². The van der Waals surface area contributed by atoms with E-state index in [1.54, 1.807) is 0 Å². The molecule has 18 rings (SSSR count). The summed E-state index contributed by atoms with van der Waals surface area (Å²) in [5.74, 6) is 0. The van der Waals surface area contributed by atoms with Crippen molar-refractivity contribution in [2.75, 3.05) is 0 Å². The van der Waals surface area contributed by atoms with Crippen LogP contribution in [-0.4, -0.2) is 0 Å². The first-order chi connectivity index (χ1) is 47.2. The first-order valence-electron chi connectivity index (χ1n) is 33.8. The van der Waals surface area contributed by atoms with Crippen molar-refractivity contribution in [3.05, 3.63) is 406 Å². The molecule has 16 aromatic rings. The Morgan fingerprint density at radius 2 is 0.542 bits per heavy atom. The van der Waals surface area contributed by atoms with Gasteiger partial charge in [-0.3, -0.25) is 0 Å². The fourth-order valence-electron chi connectivity index (χ4n) is 17.0. The Morgan fingerprint density at radius 3 is 1.12 bits per heavy atom. The van der Waals surface area contributed by atoms with Crippen molar-refractivity contribution in [3.63, 3.8) is 0 Å². The van der Waals surface area contributed by atoms with Gasteiger partial charge in [-0.1, -0.05) is 302 Å². The largest absolute Gasteiger partial charge is 0.0714 e. The van der Waals surface area contributed by atoms with E-state index < -0.39 is 10.8 Å². The van der Waals surface area contributed by atoms with Crippen LogP contribution in [0.5, 0.6) is 0 Å². The molecular formula is C96H68. The van der Waals surface area contributed by atoms with E-state index in [2.05, 4.69) is 367 Å². The molecule has 0 N–H and O–H groups in total. The van der Waals surface area contributed by atoms with Crippen molar-refractivity contribution in [2.24, 2.45) is 0 Å². The zero-order chi connectivity index (χ0) is 64.2. The summed E-state index contributed by atoms with van der Waals surface area (Å²) in [6, 6.07) is 130. The Kier molecular flexibility index (Phi) is 13.4. The molecule has 0 nitrogen and oxygen atoms in total. The van der Waals surface area contributed by atoms with Gasteiger partial charge in [0.15, 0.2) is 0 Å². The molecule has 0 fully saturated rings. The van der Waals surface area contributed by atoms with Crippen LogP contribution in [0.25, 0.3) is 121 Å². The summed E-state index contributed by atoms with van der Waals surface area (Å²) < 4.78 is 0. The predicted molar refractivity (Wildman–Crippen MR) is 405 cm³/mol. The van der Waals surface area contributed by atoms with Gasteiger partial charge in [-0.15, -0.1) is 0 Å². The van der Waals surface area contributed by atoms with Gasteiger partial charge in [-0.25, -0.2) is 0 Å². The number of hydrogen-bond acceptors (Lipinski definition) is 0. The van der Waals surface area contributed by atoms with Crippen LogP contribution in [0.4, 0.5) is 0 Å². The highest BCUT2D eigenvalue weighted by molar-refractivity contribution is 6.02. The number of rotatable bonds is 10. The first-order valence-corrected chi connectivity index (χ1v) is 33.8. The molecule has 0 aromatic heterocycles. The molecule has 16 aromatic carbocycles. The number of fused-ring (bicyclic) bond motifs is 9. The molecule has 0 saturated heterocycles. The third kappa shape index (κ3) is 8.89. The molecule has 0 spiro atoms. The molecule has 0 bridgehead atoms. The molecule has 0 amide bonds. The normalized spacial score (nSPS) is 15.2. The number of aryl methyl sites for hydroxylation is 4. The molecule has 0 radical (unpaired) electrons. The fourth-order valence-corrected chi connectivity index (χ4v) is 17.0. The Labute approximate surface area is 562 Å². The molecule has 2 aliphatic rings. The van der Waals surface area contributed by atoms with Crippen LogP contribution in [0.1, 0.15) is 66.8 Å². The first kappa shape index (κ1) is 57.0. The van der Waals surface area contributed by atoms with E-state index in [1.807, 2.05) is 0 Å². The minimum absolute atomic E-state index is 0.659. The molecule has 2 aliphatic carbocycles. The van der Waals surface area contributed by atoms with Crippen molar-refractivity contribution in [3.8, 4) is 89.0 Å². The van der Waals surface area contributed by atoms with E-state index in [1.165, 1.54) is 188 Å². The smallest absolute Gasteiger partial charge is 0.0622 e. The van der Waals surface area contributed by atoms with Crippen molar-refractivity contribution < 1.29 is 0 Å². The maximum atomic E-state index is 2.55. The van der Waals surface area contributed by atoms with Crippen LogP contribution in [0, 0.1) is 27.7 Å². The lowest BCUT2D eigenvalue weighted by molar-refractivity contribution is 0.768. The van der Waals surface area contributed by atoms with E-state index in [0.717, 1.165) is 0 Å². The van der Waals surface area contributed by atoms with E-state index >= 15 is 0 Å². The molecule has 2 unspecified atom stereocenters. The molecule has 452 valence electrons. The van der Waals surface area contributed by atoms with Crippen molar-refractivity contribution in [1.82, 2.24) is 0 Å². The summed E-state index contributed by atoms with van der Waals surface area (Å²) in [5.41, 5.74) is 33.4. The summed E-state index contributed by atoms with van der Waals surface area (Å²) in [7, 11) is 0. The average Bonchev–Trinajstić information content (AvgIpc) is 1.53. The van der Waals surface area contributed by atoms with Crippen LogP contribution in [0.2, 0.25) is 0 Å². The quantitative estimate of drug-likeness (QED) is 0.128. The van der Waals surface area contributed by atoms with Gasteiger partial charge in [0.2, 0.25) is 0 Å². The molecule has 0 aliphatic heterocycles. The standard InChI is InChI=1S/C96H68/c1-61-39-41-68-54-73(46-43-66(68)51-61)77-59-87(74-24-19-30-81(58-74)95(78-25-7-5-8-26-78)88-36-15-13-32-85(88)93-84(35-20-38-90(93)95)76-49-47-67-52-62(2)40-42-69(67)55-76)94-86-33-14-16-37-89(86)96(91(94)60-77,79-27-9-6-10-28-79)80-29-18-23-65(57-80)70-44-45-72-56-75(50-48-71(72)53-70)83-34-17-22-64(4)92(83)82-31-12-11-21-63(82)3/h5-60H,1-4H3. The lowest BCUT2D eigenvalue weighted by Gasteiger charge is -2.35. The van der Waals surface area contributed by atoms with Gasteiger partial charge in [0.1, 0.15) is 0 Å². The minimum Gasteiger partial charge on any atom is -0.0622 e. The van der Waals surface area contributed by atoms with Gasteiger partial charge >= 0.3 is 0 Å². The van der Waals surface area contributed by atoms with Gasteiger partial charge in [-0.05, 0) is 253 Å². The van der Waals surface area contributed by atoms with Gasteiger partial charge in [0, 0.05) is 0 Å². The summed E-state index contributed by atoms with van der Waals surface area (Å²) in [6.45, 7) is 8.81. The van der Waals surface area contributed by atoms with Gasteiger partial charge in [0.05, 0.1) is 10.8 Å². The summed E-state index contributed by atoms with van der Waals surface area (Å²) >= 11 is 0. The fraction of sp³-hybridized carbons (Fsp3) is 0.0625. The van der Waals surface area contributed by atoms with Gasteiger partial charge in [0.25, 0.3) is 0 Å². The monoisotopic (exact) mass is 1220 g/mol. The summed E-state index contributed by atoms with van der Waals surface area (Å²) in [5, 5.41) is 7.40. The lowest BCUT2D eigenvalue weighted by Crippen LogP contribution is -2.29. The van der Waals surface area contributed by atoms with Crippen molar-refractivity contribution >= 4 is 32.3 Å². The molecule has 0 heteroatoms. The van der Waals surface area contributed by atoms with Crippen LogP contribution in [0.15, 0.2) is 340 Å². The zero-order valence-electron chi connectivity index (χ0n) is 54.3. The third-order valence-corrected chi connectivity index (χ3v) is 21.3. The number of hydrogen-bond donors (Lipinski definition) is 0. The van der Waals surface area contributed by atoms with Crippen molar-refractivity contribution in [2.45, 2.75) is 38.5 Å². The van der Waals surface area contributed by atoms with Crippen LogP contribution < -0.4 is 0 Å². The Hall–Kier alpha value is -11.7. The second-order valence-electron chi connectivity index (χ2n) is 26.9. The summed E-state index contributed by atoms with van der Waals surface area (Å²) in [6.07, 6.45) is 0. The predicted octanol–water partition coefficient (Wildman–Crippen LogP) is 25.1. The van der Waals surface area contributed by atoms with Gasteiger partial charge < -0.3 is 0 Å². The SMILES string of the molecule is Cc1ccc2cc(-c3cc(-c4cccc(C5(c6ccccc6)c6ccccc6-c6c(-c7ccc8cc(C)ccc8c7)cccc65)c4)c4c(c3)C(c3ccccc3)(c3cccc(-c5ccc6cc(-c7cccc(C)c7-c7ccccc7C)ccc6c5)c3)c3ccccc3-4)ccc2c1.